The van der Waals surface area contributed by atoms with Crippen molar-refractivity contribution >= 4 is 50.6 Å². The highest BCUT2D eigenvalue weighted by molar-refractivity contribution is 7.21. The van der Waals surface area contributed by atoms with Crippen molar-refractivity contribution in [2.45, 2.75) is 31.4 Å². The number of anilines is 3. The number of nitrogens with one attached hydrogen (secondary N) is 2. The Morgan fingerprint density at radius 1 is 1.12 bits per heavy atom. The molecule has 2 aliphatic rings. The van der Waals surface area contributed by atoms with Gasteiger partial charge in [0.15, 0.2) is 0 Å². The van der Waals surface area contributed by atoms with Crippen LogP contribution in [0.3, 0.4) is 0 Å². The highest BCUT2D eigenvalue weighted by Crippen LogP contribution is 2.46. The predicted octanol–water partition coefficient (Wildman–Crippen LogP) is 4.69. The molecule has 34 heavy (non-hydrogen) atoms. The fraction of sp³-hybridized carbons (Fsp3) is 0.200. The van der Waals surface area contributed by atoms with Gasteiger partial charge in [-0.2, -0.15) is 0 Å². The van der Waals surface area contributed by atoms with Crippen molar-refractivity contribution in [2.75, 3.05) is 10.2 Å². The number of carbonyl (C=O) groups excluding carboxylic acids is 2. The highest BCUT2D eigenvalue weighted by Gasteiger charge is 2.34. The molecule has 3 amide bonds. The van der Waals surface area contributed by atoms with Crippen LogP contribution in [0.2, 0.25) is 0 Å². The van der Waals surface area contributed by atoms with Crippen LogP contribution in [0.4, 0.5) is 21.9 Å². The third-order valence-corrected chi connectivity index (χ3v) is 7.42. The molecule has 3 N–H and O–H groups in total. The summed E-state index contributed by atoms with van der Waals surface area (Å²) in [4.78, 5) is 37.9. The Balaban J connectivity index is 1.41. The number of nitrogens with zero attached hydrogens (tertiary/aromatic N) is 3. The summed E-state index contributed by atoms with van der Waals surface area (Å²) in [5.74, 6) is -0.307. The van der Waals surface area contributed by atoms with Crippen molar-refractivity contribution in [3.05, 3.63) is 65.8 Å². The van der Waals surface area contributed by atoms with Gasteiger partial charge in [-0.3, -0.25) is 14.7 Å². The van der Waals surface area contributed by atoms with Crippen LogP contribution in [-0.2, 0) is 0 Å². The number of benzene rings is 1. The second kappa shape index (κ2) is 8.19. The van der Waals surface area contributed by atoms with Crippen molar-refractivity contribution in [1.82, 2.24) is 15.3 Å². The van der Waals surface area contributed by atoms with Gasteiger partial charge >= 0.3 is 6.03 Å². The minimum absolute atomic E-state index is 0.277. The average molecular weight is 472 g/mol. The van der Waals surface area contributed by atoms with Crippen LogP contribution in [0.5, 0.6) is 0 Å². The van der Waals surface area contributed by atoms with Crippen molar-refractivity contribution in [3.63, 3.8) is 0 Å². The highest BCUT2D eigenvalue weighted by atomic mass is 32.1. The molecule has 170 valence electrons. The third kappa shape index (κ3) is 3.41. The van der Waals surface area contributed by atoms with Gasteiger partial charge in [-0.25, -0.2) is 9.78 Å². The van der Waals surface area contributed by atoms with E-state index in [-0.39, 0.29) is 18.0 Å². The summed E-state index contributed by atoms with van der Waals surface area (Å²) < 4.78 is 0. The van der Waals surface area contributed by atoms with Crippen molar-refractivity contribution in [2.24, 2.45) is 0 Å². The van der Waals surface area contributed by atoms with Gasteiger partial charge in [-0.05, 0) is 37.5 Å². The number of hydrogen-bond acceptors (Lipinski definition) is 6. The van der Waals surface area contributed by atoms with Gasteiger partial charge in [0.1, 0.15) is 9.71 Å². The van der Waals surface area contributed by atoms with Crippen LogP contribution in [0.1, 0.15) is 28.9 Å². The first kappa shape index (κ1) is 20.8. The average Bonchev–Trinajstić information content (AvgIpc) is 3.44. The molecule has 9 heteroatoms. The van der Waals surface area contributed by atoms with E-state index in [9.17, 15) is 14.7 Å². The van der Waals surface area contributed by atoms with E-state index < -0.39 is 6.10 Å². The standard InChI is InChI=1S/C25H21N5O3S/c31-19-8-4-7-16(19)28-23(32)22-21-20-18(10-12-27-24(20)34-22)30(25(33)29-21)15-9-11-26-17(13-15)14-5-2-1-3-6-14/h1-3,5-6,9-13,16,19,31H,4,7-8H2,(H,28,32)(H,29,33)/t16-,19?/m1/s1. The lowest BCUT2D eigenvalue weighted by atomic mass is 10.1. The largest absolute Gasteiger partial charge is 0.391 e. The second-order valence-electron chi connectivity index (χ2n) is 8.43. The number of hydrogen-bond donors (Lipinski definition) is 3. The maximum atomic E-state index is 13.3. The summed E-state index contributed by atoms with van der Waals surface area (Å²) in [6.07, 6.45) is 5.07. The smallest absolute Gasteiger partial charge is 0.331 e. The van der Waals surface area contributed by atoms with Crippen LogP contribution in [-0.4, -0.2) is 39.2 Å². The molecule has 4 aromatic rings. The van der Waals surface area contributed by atoms with E-state index in [1.54, 1.807) is 29.4 Å². The van der Waals surface area contributed by atoms with E-state index in [0.29, 0.717) is 33.2 Å². The molecule has 0 saturated heterocycles. The molecule has 1 aliphatic heterocycles. The molecule has 1 saturated carbocycles. The zero-order valence-corrected chi connectivity index (χ0v) is 18.9. The lowest BCUT2D eigenvalue weighted by Gasteiger charge is -2.28. The van der Waals surface area contributed by atoms with Crippen LogP contribution in [0.15, 0.2) is 60.9 Å². The molecule has 3 aromatic heterocycles. The Hall–Kier alpha value is -3.82. The van der Waals surface area contributed by atoms with E-state index in [2.05, 4.69) is 20.6 Å². The minimum atomic E-state index is -0.543. The summed E-state index contributed by atoms with van der Waals surface area (Å²) in [5.41, 5.74) is 3.49. The Morgan fingerprint density at radius 3 is 2.74 bits per heavy atom. The minimum Gasteiger partial charge on any atom is -0.391 e. The molecule has 1 fully saturated rings. The SMILES string of the molecule is O=C(N[C@@H]1CCCC1O)c1sc2nccc3c2c1NC(=O)N3c1ccnc(-c2ccccc2)c1. The van der Waals surface area contributed by atoms with Gasteiger partial charge in [0.05, 0.1) is 40.3 Å². The van der Waals surface area contributed by atoms with E-state index in [0.717, 1.165) is 29.5 Å². The van der Waals surface area contributed by atoms with Crippen molar-refractivity contribution in [1.29, 1.82) is 0 Å². The number of carbonyl (C=O) groups is 2. The van der Waals surface area contributed by atoms with Gasteiger partial charge in [-0.15, -0.1) is 11.3 Å². The zero-order chi connectivity index (χ0) is 23.2. The monoisotopic (exact) mass is 471 g/mol. The molecule has 2 atom stereocenters. The summed E-state index contributed by atoms with van der Waals surface area (Å²) in [7, 11) is 0. The van der Waals surface area contributed by atoms with Crippen LogP contribution >= 0.6 is 11.3 Å². The van der Waals surface area contributed by atoms with Crippen molar-refractivity contribution in [3.8, 4) is 11.3 Å². The van der Waals surface area contributed by atoms with Crippen LogP contribution < -0.4 is 15.5 Å². The maximum Gasteiger partial charge on any atom is 0.331 e. The lowest BCUT2D eigenvalue weighted by molar-refractivity contribution is 0.0878. The molecule has 1 aromatic carbocycles. The number of amides is 3. The van der Waals surface area contributed by atoms with E-state index in [4.69, 9.17) is 0 Å². The predicted molar refractivity (Wildman–Crippen MR) is 132 cm³/mol. The number of rotatable bonds is 4. The third-order valence-electron chi connectivity index (χ3n) is 6.32. The second-order valence-corrected chi connectivity index (χ2v) is 9.42. The van der Waals surface area contributed by atoms with Gasteiger partial charge < -0.3 is 15.7 Å². The topological polar surface area (TPSA) is 107 Å². The molecule has 1 aliphatic carbocycles. The number of aliphatic hydroxyl groups is 1. The van der Waals surface area contributed by atoms with Crippen LogP contribution in [0, 0.1) is 0 Å². The number of urea groups is 1. The number of thiophene rings is 1. The Morgan fingerprint density at radius 2 is 1.94 bits per heavy atom. The molecular formula is C25H21N5O3S. The number of pyridine rings is 2. The number of aliphatic hydroxyl groups excluding tert-OH is 1. The molecule has 1 unspecified atom stereocenters. The first-order valence-corrected chi connectivity index (χ1v) is 11.9. The molecule has 0 spiro atoms. The Labute approximate surface area is 199 Å². The summed E-state index contributed by atoms with van der Waals surface area (Å²) in [6, 6.07) is 14.6. The lowest BCUT2D eigenvalue weighted by Crippen LogP contribution is -2.40. The maximum absolute atomic E-state index is 13.3. The first-order chi connectivity index (χ1) is 16.6. The van der Waals surface area contributed by atoms with E-state index >= 15 is 0 Å². The molecule has 6 rings (SSSR count). The molecule has 0 radical (unpaired) electrons. The normalized spacial score (nSPS) is 19.3. The van der Waals surface area contributed by atoms with Gasteiger partial charge in [-0.1, -0.05) is 30.3 Å². The summed E-state index contributed by atoms with van der Waals surface area (Å²) in [5, 5.41) is 16.7. The number of aromatic nitrogens is 2. The molecule has 0 bridgehead atoms. The first-order valence-electron chi connectivity index (χ1n) is 11.1. The zero-order valence-electron chi connectivity index (χ0n) is 18.1. The summed E-state index contributed by atoms with van der Waals surface area (Å²) >= 11 is 1.24. The van der Waals surface area contributed by atoms with E-state index in [1.165, 1.54) is 11.3 Å². The molecule has 4 heterocycles. The quantitative estimate of drug-likeness (QED) is 0.400. The van der Waals surface area contributed by atoms with Crippen molar-refractivity contribution < 1.29 is 14.7 Å². The van der Waals surface area contributed by atoms with E-state index in [1.807, 2.05) is 36.4 Å². The van der Waals surface area contributed by atoms with Gasteiger partial charge in [0, 0.05) is 18.0 Å². The summed E-state index contributed by atoms with van der Waals surface area (Å²) in [6.45, 7) is 0. The Bertz CT molecular complexity index is 1420. The van der Waals surface area contributed by atoms with Gasteiger partial charge in [0.25, 0.3) is 5.91 Å². The fourth-order valence-electron chi connectivity index (χ4n) is 4.67. The molecular weight excluding hydrogens is 450 g/mol. The fourth-order valence-corrected chi connectivity index (χ4v) is 5.69. The molecule has 8 nitrogen and oxygen atoms in total. The van der Waals surface area contributed by atoms with Gasteiger partial charge in [0.2, 0.25) is 0 Å². The Kier molecular flexibility index (Phi) is 5.00. The van der Waals surface area contributed by atoms with Crippen LogP contribution in [0.25, 0.3) is 21.5 Å².